The number of amides is 2. The zero-order valence-electron chi connectivity index (χ0n) is 12.5. The van der Waals surface area contributed by atoms with Crippen LogP contribution in [-0.2, 0) is 9.59 Å². The third-order valence-corrected chi connectivity index (χ3v) is 4.84. The zero-order chi connectivity index (χ0) is 13.9. The summed E-state index contributed by atoms with van der Waals surface area (Å²) in [7, 11) is 0. The van der Waals surface area contributed by atoms with Crippen molar-refractivity contribution >= 4 is 24.2 Å². The molecule has 2 unspecified atom stereocenters. The Bertz CT molecular complexity index is 379. The first-order chi connectivity index (χ1) is 9.70. The first-order valence-electron chi connectivity index (χ1n) is 8.04. The summed E-state index contributed by atoms with van der Waals surface area (Å²) < 4.78 is 0. The second-order valence-electron chi connectivity index (χ2n) is 6.50. The molecule has 5 nitrogen and oxygen atoms in total. The number of piperidine rings is 1. The third-order valence-electron chi connectivity index (χ3n) is 4.84. The molecule has 2 bridgehead atoms. The molecule has 3 saturated heterocycles. The highest BCUT2D eigenvalue weighted by molar-refractivity contribution is 5.85. The molecule has 3 aliphatic rings. The van der Waals surface area contributed by atoms with E-state index in [2.05, 4.69) is 10.6 Å². The first-order valence-corrected chi connectivity index (χ1v) is 8.04. The standard InChI is InChI=1S/C15H25N3O2.ClH/c19-14(10-18-7-3-1-2-4-15(18)20)17-13-8-11-5-6-12(9-13)16-11;/h11-13,16H,1-10H2,(H,17,19);1H. The van der Waals surface area contributed by atoms with Gasteiger partial charge in [0.15, 0.2) is 0 Å². The summed E-state index contributed by atoms with van der Waals surface area (Å²) in [6.07, 6.45) is 8.24. The average molecular weight is 316 g/mol. The Morgan fingerprint density at radius 3 is 2.62 bits per heavy atom. The number of fused-ring (bicyclic) bond motifs is 2. The van der Waals surface area contributed by atoms with Gasteiger partial charge < -0.3 is 15.5 Å². The molecule has 0 aromatic rings. The SMILES string of the molecule is Cl.O=C(CN1CCCCCC1=O)NC1CC2CCC(C1)N2. The molecular formula is C15H26ClN3O2. The van der Waals surface area contributed by atoms with Crippen LogP contribution in [0.1, 0.15) is 51.4 Å². The van der Waals surface area contributed by atoms with Crippen LogP contribution in [-0.4, -0.2) is 47.9 Å². The van der Waals surface area contributed by atoms with Crippen LogP contribution in [0.15, 0.2) is 0 Å². The predicted molar refractivity (Wildman–Crippen MR) is 83.4 cm³/mol. The second-order valence-corrected chi connectivity index (χ2v) is 6.50. The lowest BCUT2D eigenvalue weighted by atomic mass is 10.00. The maximum atomic E-state index is 12.1. The van der Waals surface area contributed by atoms with E-state index >= 15 is 0 Å². The van der Waals surface area contributed by atoms with Gasteiger partial charge in [0, 0.05) is 31.1 Å². The molecule has 0 saturated carbocycles. The molecule has 21 heavy (non-hydrogen) atoms. The van der Waals surface area contributed by atoms with Crippen molar-refractivity contribution in [3.05, 3.63) is 0 Å². The van der Waals surface area contributed by atoms with Gasteiger partial charge in [-0.25, -0.2) is 0 Å². The Hall–Kier alpha value is -0.810. The number of hydrogen-bond donors (Lipinski definition) is 2. The molecule has 0 aliphatic carbocycles. The molecule has 0 aromatic carbocycles. The van der Waals surface area contributed by atoms with Gasteiger partial charge in [0.2, 0.25) is 11.8 Å². The van der Waals surface area contributed by atoms with Crippen LogP contribution in [0.25, 0.3) is 0 Å². The monoisotopic (exact) mass is 315 g/mol. The van der Waals surface area contributed by atoms with Gasteiger partial charge in [-0.15, -0.1) is 12.4 Å². The Morgan fingerprint density at radius 2 is 1.90 bits per heavy atom. The largest absolute Gasteiger partial charge is 0.352 e. The molecule has 120 valence electrons. The van der Waals surface area contributed by atoms with Gasteiger partial charge >= 0.3 is 0 Å². The fourth-order valence-electron chi connectivity index (χ4n) is 3.83. The summed E-state index contributed by atoms with van der Waals surface area (Å²) in [4.78, 5) is 25.8. The van der Waals surface area contributed by atoms with E-state index in [0.29, 0.717) is 24.5 Å². The van der Waals surface area contributed by atoms with Crippen molar-refractivity contribution in [2.45, 2.75) is 69.5 Å². The molecule has 3 rings (SSSR count). The van der Waals surface area contributed by atoms with Gasteiger partial charge in [-0.2, -0.15) is 0 Å². The smallest absolute Gasteiger partial charge is 0.239 e. The summed E-state index contributed by atoms with van der Waals surface area (Å²) in [6, 6.07) is 1.46. The molecule has 0 aromatic heterocycles. The minimum Gasteiger partial charge on any atom is -0.352 e. The van der Waals surface area contributed by atoms with Crippen molar-refractivity contribution in [1.29, 1.82) is 0 Å². The lowest BCUT2D eigenvalue weighted by Crippen LogP contribution is -2.50. The van der Waals surface area contributed by atoms with Gasteiger partial charge in [0.25, 0.3) is 0 Å². The molecule has 3 heterocycles. The van der Waals surface area contributed by atoms with Crippen molar-refractivity contribution in [3.8, 4) is 0 Å². The lowest BCUT2D eigenvalue weighted by Gasteiger charge is -2.30. The first kappa shape index (κ1) is 16.6. The number of nitrogens with zero attached hydrogens (tertiary/aromatic N) is 1. The second kappa shape index (κ2) is 7.45. The Balaban J connectivity index is 0.00000161. The highest BCUT2D eigenvalue weighted by Crippen LogP contribution is 2.26. The Morgan fingerprint density at radius 1 is 1.19 bits per heavy atom. The summed E-state index contributed by atoms with van der Waals surface area (Å²) in [5, 5.41) is 6.71. The number of hydrogen-bond acceptors (Lipinski definition) is 3. The van der Waals surface area contributed by atoms with E-state index in [-0.39, 0.29) is 30.8 Å². The van der Waals surface area contributed by atoms with Crippen LogP contribution < -0.4 is 10.6 Å². The highest BCUT2D eigenvalue weighted by Gasteiger charge is 2.34. The van der Waals surface area contributed by atoms with Crippen LogP contribution in [0.5, 0.6) is 0 Å². The van der Waals surface area contributed by atoms with Gasteiger partial charge in [-0.1, -0.05) is 6.42 Å². The van der Waals surface area contributed by atoms with Gasteiger partial charge in [-0.05, 0) is 38.5 Å². The minimum atomic E-state index is 0. The number of nitrogens with one attached hydrogen (secondary N) is 2. The van der Waals surface area contributed by atoms with E-state index in [1.807, 2.05) is 0 Å². The van der Waals surface area contributed by atoms with Crippen LogP contribution in [0, 0.1) is 0 Å². The van der Waals surface area contributed by atoms with E-state index in [0.717, 1.165) is 38.6 Å². The Labute approximate surface area is 132 Å². The van der Waals surface area contributed by atoms with Crippen molar-refractivity contribution in [1.82, 2.24) is 15.5 Å². The van der Waals surface area contributed by atoms with Crippen molar-refractivity contribution < 1.29 is 9.59 Å². The number of halogens is 1. The van der Waals surface area contributed by atoms with E-state index in [4.69, 9.17) is 0 Å². The molecule has 2 atom stereocenters. The van der Waals surface area contributed by atoms with E-state index in [1.54, 1.807) is 4.90 Å². The molecule has 0 radical (unpaired) electrons. The molecule has 0 spiro atoms. The number of rotatable bonds is 3. The van der Waals surface area contributed by atoms with E-state index in [9.17, 15) is 9.59 Å². The zero-order valence-corrected chi connectivity index (χ0v) is 13.3. The van der Waals surface area contributed by atoms with Crippen molar-refractivity contribution in [2.75, 3.05) is 13.1 Å². The van der Waals surface area contributed by atoms with Crippen LogP contribution in [0.3, 0.4) is 0 Å². The molecule has 6 heteroatoms. The fraction of sp³-hybridized carbons (Fsp3) is 0.867. The molecule has 3 aliphatic heterocycles. The predicted octanol–water partition coefficient (Wildman–Crippen LogP) is 1.21. The molecule has 3 fully saturated rings. The molecule has 2 amide bonds. The highest BCUT2D eigenvalue weighted by atomic mass is 35.5. The normalized spacial score (nSPS) is 32.3. The van der Waals surface area contributed by atoms with Gasteiger partial charge in [-0.3, -0.25) is 9.59 Å². The van der Waals surface area contributed by atoms with Gasteiger partial charge in [0.05, 0.1) is 6.54 Å². The van der Waals surface area contributed by atoms with Crippen LogP contribution in [0.2, 0.25) is 0 Å². The average Bonchev–Trinajstić information content (AvgIpc) is 2.62. The summed E-state index contributed by atoms with van der Waals surface area (Å²) in [6.45, 7) is 0.988. The van der Waals surface area contributed by atoms with Crippen molar-refractivity contribution in [2.24, 2.45) is 0 Å². The maximum absolute atomic E-state index is 12.1. The Kier molecular flexibility index (Phi) is 5.88. The lowest BCUT2D eigenvalue weighted by molar-refractivity contribution is -0.135. The van der Waals surface area contributed by atoms with Crippen LogP contribution in [0.4, 0.5) is 0 Å². The quantitative estimate of drug-likeness (QED) is 0.823. The fourth-order valence-corrected chi connectivity index (χ4v) is 3.83. The summed E-state index contributed by atoms with van der Waals surface area (Å²) in [5.74, 6) is 0.162. The number of carbonyl (C=O) groups is 2. The van der Waals surface area contributed by atoms with Gasteiger partial charge in [0.1, 0.15) is 0 Å². The third kappa shape index (κ3) is 4.33. The topological polar surface area (TPSA) is 61.4 Å². The molecule has 2 N–H and O–H groups in total. The van der Waals surface area contributed by atoms with Crippen molar-refractivity contribution in [3.63, 3.8) is 0 Å². The van der Waals surface area contributed by atoms with E-state index < -0.39 is 0 Å². The summed E-state index contributed by atoms with van der Waals surface area (Å²) >= 11 is 0. The summed E-state index contributed by atoms with van der Waals surface area (Å²) in [5.41, 5.74) is 0. The maximum Gasteiger partial charge on any atom is 0.239 e. The van der Waals surface area contributed by atoms with E-state index in [1.165, 1.54) is 12.8 Å². The minimum absolute atomic E-state index is 0. The molecular weight excluding hydrogens is 290 g/mol. The number of carbonyl (C=O) groups excluding carboxylic acids is 2. The van der Waals surface area contributed by atoms with Crippen LogP contribution >= 0.6 is 12.4 Å². The number of likely N-dealkylation sites (tertiary alicyclic amines) is 1.